The fourth-order valence-electron chi connectivity index (χ4n) is 5.54. The van der Waals surface area contributed by atoms with Crippen LogP contribution < -0.4 is 5.32 Å². The molecule has 0 spiro atoms. The highest BCUT2D eigenvalue weighted by atomic mass is 19.4. The number of benzene rings is 2. The molecule has 2 aromatic rings. The van der Waals surface area contributed by atoms with Gasteiger partial charge in [0.05, 0.1) is 17.2 Å². The summed E-state index contributed by atoms with van der Waals surface area (Å²) in [5.74, 6) is -0.203. The van der Waals surface area contributed by atoms with Gasteiger partial charge in [-0.1, -0.05) is 6.07 Å². The van der Waals surface area contributed by atoms with Crippen LogP contribution in [0.1, 0.15) is 53.6 Å². The van der Waals surface area contributed by atoms with Gasteiger partial charge in [0, 0.05) is 52.2 Å². The second kappa shape index (κ2) is 13.9. The lowest BCUT2D eigenvalue weighted by molar-refractivity contribution is -0.143. The number of carbonyl (C=O) groups is 2. The van der Waals surface area contributed by atoms with Crippen LogP contribution in [0, 0.1) is 12.7 Å². The van der Waals surface area contributed by atoms with Crippen LogP contribution in [0.25, 0.3) is 0 Å². The molecule has 238 valence electrons. The average molecular weight is 621 g/mol. The van der Waals surface area contributed by atoms with Gasteiger partial charge < -0.3 is 20.2 Å². The van der Waals surface area contributed by atoms with Crippen molar-refractivity contribution < 1.29 is 45.4 Å². The quantitative estimate of drug-likeness (QED) is 0.415. The second-order valence-electron chi connectivity index (χ2n) is 10.7. The molecule has 2 fully saturated rings. The highest BCUT2D eigenvalue weighted by Gasteiger charge is 2.38. The molecule has 43 heavy (non-hydrogen) atoms. The number of piperidine rings is 1. The molecule has 4 rings (SSSR count). The molecule has 2 N–H and O–H groups in total. The Bertz CT molecular complexity index is 1250. The van der Waals surface area contributed by atoms with Gasteiger partial charge in [0.2, 0.25) is 5.91 Å². The van der Waals surface area contributed by atoms with E-state index in [0.29, 0.717) is 38.2 Å². The number of nitrogens with one attached hydrogen (secondary N) is 1. The predicted octanol–water partition coefficient (Wildman–Crippen LogP) is 5.93. The lowest BCUT2D eigenvalue weighted by Gasteiger charge is -2.45. The SMILES string of the molecule is CC(=O)N1CCN([C@@H]2CCN(C(=O)O)[C@@H](c3ccc(F)cc3C)C2)CC1.CNCc1cc(C(F)(F)F)cc(C(F)(F)F)c1. The average Bonchev–Trinajstić information content (AvgIpc) is 2.92. The van der Waals surface area contributed by atoms with Crippen LogP contribution in [0.4, 0.5) is 35.5 Å². The lowest BCUT2D eigenvalue weighted by Crippen LogP contribution is -2.55. The van der Waals surface area contributed by atoms with E-state index in [4.69, 9.17) is 0 Å². The molecule has 2 amide bonds. The minimum atomic E-state index is -4.79. The van der Waals surface area contributed by atoms with Crippen molar-refractivity contribution in [1.29, 1.82) is 0 Å². The zero-order valence-electron chi connectivity index (χ0n) is 24.0. The maximum Gasteiger partial charge on any atom is 0.416 e. The number of hydrogen-bond donors (Lipinski definition) is 2. The predicted molar refractivity (Wildman–Crippen MR) is 145 cm³/mol. The summed E-state index contributed by atoms with van der Waals surface area (Å²) in [7, 11) is 1.44. The topological polar surface area (TPSA) is 76.1 Å². The summed E-state index contributed by atoms with van der Waals surface area (Å²) >= 11 is 0. The number of piperazine rings is 1. The van der Waals surface area contributed by atoms with E-state index in [1.54, 1.807) is 13.0 Å². The number of nitrogens with zero attached hydrogens (tertiary/aromatic N) is 3. The molecule has 2 aromatic carbocycles. The number of aryl methyl sites for hydroxylation is 1. The van der Waals surface area contributed by atoms with Crippen LogP contribution in [0.3, 0.4) is 0 Å². The minimum absolute atomic E-state index is 0.0605. The summed E-state index contributed by atoms with van der Waals surface area (Å²) in [6.45, 7) is 6.88. The molecule has 0 bridgehead atoms. The Labute approximate surface area is 245 Å². The van der Waals surface area contributed by atoms with E-state index in [9.17, 15) is 45.4 Å². The number of alkyl halides is 6. The highest BCUT2D eigenvalue weighted by molar-refractivity contribution is 5.73. The Hall–Kier alpha value is -3.39. The Kier molecular flexibility index (Phi) is 11.0. The molecule has 2 atom stereocenters. The molecule has 2 saturated heterocycles. The van der Waals surface area contributed by atoms with Crippen LogP contribution in [0.15, 0.2) is 36.4 Å². The first-order chi connectivity index (χ1) is 20.0. The van der Waals surface area contributed by atoms with Crippen molar-refractivity contribution in [3.63, 3.8) is 0 Å². The lowest BCUT2D eigenvalue weighted by atomic mass is 9.88. The summed E-state index contributed by atoms with van der Waals surface area (Å²) in [5, 5.41) is 12.1. The van der Waals surface area contributed by atoms with Gasteiger partial charge in [0.1, 0.15) is 5.82 Å². The van der Waals surface area contributed by atoms with Crippen molar-refractivity contribution in [3.8, 4) is 0 Å². The largest absolute Gasteiger partial charge is 0.465 e. The van der Waals surface area contributed by atoms with Crippen LogP contribution >= 0.6 is 0 Å². The summed E-state index contributed by atoms with van der Waals surface area (Å²) in [5.41, 5.74) is -0.992. The molecule has 2 aliphatic rings. The number of carbonyl (C=O) groups excluding carboxylic acids is 1. The third-order valence-corrected chi connectivity index (χ3v) is 7.72. The standard InChI is InChI=1S/C19H26FN3O3.C10H9F6N/c1-13-11-15(20)3-4-17(13)18-12-16(5-6-23(18)19(25)26)22-9-7-21(8-10-22)14(2)24;1-17-5-6-2-7(9(11,12)13)4-8(3-6)10(14,15)16/h3-4,11,16,18H,5-10,12H2,1-2H3,(H,25,26);2-4,17H,5H2,1H3/t16-,18-;/m1./s1. The highest BCUT2D eigenvalue weighted by Crippen LogP contribution is 2.37. The van der Waals surface area contributed by atoms with Gasteiger partial charge in [-0.15, -0.1) is 0 Å². The molecule has 0 unspecified atom stereocenters. The second-order valence-corrected chi connectivity index (χ2v) is 10.7. The Morgan fingerprint density at radius 2 is 1.51 bits per heavy atom. The summed E-state index contributed by atoms with van der Waals surface area (Å²) < 4.78 is 87.8. The van der Waals surface area contributed by atoms with Gasteiger partial charge in [-0.05, 0) is 73.8 Å². The first kappa shape index (κ1) is 34.1. The van der Waals surface area contributed by atoms with E-state index in [2.05, 4.69) is 10.2 Å². The number of hydrogen-bond acceptors (Lipinski definition) is 4. The van der Waals surface area contributed by atoms with E-state index in [0.717, 1.165) is 30.6 Å². The molecule has 0 aliphatic carbocycles. The number of likely N-dealkylation sites (tertiary alicyclic amines) is 1. The van der Waals surface area contributed by atoms with Crippen molar-refractivity contribution in [2.24, 2.45) is 0 Å². The van der Waals surface area contributed by atoms with Crippen molar-refractivity contribution in [1.82, 2.24) is 20.0 Å². The van der Waals surface area contributed by atoms with Gasteiger partial charge in [0.15, 0.2) is 0 Å². The smallest absolute Gasteiger partial charge is 0.416 e. The van der Waals surface area contributed by atoms with Gasteiger partial charge in [-0.25, -0.2) is 9.18 Å². The van der Waals surface area contributed by atoms with Crippen molar-refractivity contribution in [2.75, 3.05) is 39.8 Å². The Morgan fingerprint density at radius 1 is 0.930 bits per heavy atom. The maximum atomic E-state index is 13.5. The molecular formula is C29H35F7N4O3. The normalized spacial score (nSPS) is 20.0. The molecular weight excluding hydrogens is 585 g/mol. The van der Waals surface area contributed by atoms with E-state index >= 15 is 0 Å². The Morgan fingerprint density at radius 3 is 1.98 bits per heavy atom. The van der Waals surface area contributed by atoms with Crippen molar-refractivity contribution in [3.05, 3.63) is 70.0 Å². The van der Waals surface area contributed by atoms with Crippen LogP contribution in [-0.2, 0) is 23.7 Å². The van der Waals surface area contributed by atoms with Gasteiger partial charge in [-0.3, -0.25) is 9.69 Å². The molecule has 0 saturated carbocycles. The minimum Gasteiger partial charge on any atom is -0.465 e. The number of carboxylic acid groups (broad SMARTS) is 1. The first-order valence-electron chi connectivity index (χ1n) is 13.7. The third-order valence-electron chi connectivity index (χ3n) is 7.72. The number of amides is 2. The van der Waals surface area contributed by atoms with Crippen molar-refractivity contribution >= 4 is 12.0 Å². The zero-order chi connectivity index (χ0) is 32.1. The molecule has 2 aliphatic heterocycles. The summed E-state index contributed by atoms with van der Waals surface area (Å²) in [6.07, 6.45) is -9.03. The molecule has 0 aromatic heterocycles. The fraction of sp³-hybridized carbons (Fsp3) is 0.517. The van der Waals surface area contributed by atoms with E-state index < -0.39 is 29.6 Å². The number of halogens is 7. The van der Waals surface area contributed by atoms with Crippen LogP contribution in [0.2, 0.25) is 0 Å². The summed E-state index contributed by atoms with van der Waals surface area (Å²) in [6, 6.07) is 6.09. The van der Waals surface area contributed by atoms with E-state index in [-0.39, 0.29) is 42.0 Å². The van der Waals surface area contributed by atoms with Gasteiger partial charge >= 0.3 is 18.4 Å². The molecule has 2 heterocycles. The summed E-state index contributed by atoms with van der Waals surface area (Å²) in [4.78, 5) is 28.9. The fourth-order valence-corrected chi connectivity index (χ4v) is 5.54. The third kappa shape index (κ3) is 9.05. The van der Waals surface area contributed by atoms with Crippen molar-refractivity contribution in [2.45, 2.75) is 57.7 Å². The molecule has 0 radical (unpaired) electrons. The monoisotopic (exact) mass is 620 g/mol. The molecule has 14 heteroatoms. The molecule has 7 nitrogen and oxygen atoms in total. The van der Waals surface area contributed by atoms with E-state index in [1.807, 2.05) is 11.8 Å². The zero-order valence-corrected chi connectivity index (χ0v) is 24.0. The first-order valence-corrected chi connectivity index (χ1v) is 13.7. The van der Waals surface area contributed by atoms with Crippen LogP contribution in [0.5, 0.6) is 0 Å². The van der Waals surface area contributed by atoms with Gasteiger partial charge in [-0.2, -0.15) is 26.3 Å². The van der Waals surface area contributed by atoms with E-state index in [1.165, 1.54) is 24.1 Å². The maximum absolute atomic E-state index is 13.5. The van der Waals surface area contributed by atoms with Crippen LogP contribution in [-0.4, -0.2) is 77.6 Å². The number of rotatable bonds is 4. The van der Waals surface area contributed by atoms with Gasteiger partial charge in [0.25, 0.3) is 0 Å². The Balaban J connectivity index is 0.000000259.